The molecule has 72 valence electrons. The summed E-state index contributed by atoms with van der Waals surface area (Å²) in [6.07, 6.45) is 3.22. The molecule has 0 spiro atoms. The molecular weight excluding hydrogens is 166 g/mol. The molecule has 1 aromatic heterocycles. The van der Waals surface area contributed by atoms with Gasteiger partial charge in [-0.25, -0.2) is 0 Å². The van der Waals surface area contributed by atoms with Crippen LogP contribution in [0, 0.1) is 0 Å². The molecule has 0 aliphatic carbocycles. The van der Waals surface area contributed by atoms with Gasteiger partial charge in [0.1, 0.15) is 0 Å². The molecule has 1 fully saturated rings. The van der Waals surface area contributed by atoms with Crippen molar-refractivity contribution in [2.24, 2.45) is 0 Å². The molecule has 1 aliphatic heterocycles. The molecule has 1 N–H and O–H groups in total. The summed E-state index contributed by atoms with van der Waals surface area (Å²) in [6.45, 7) is 4.13. The van der Waals surface area contributed by atoms with Gasteiger partial charge < -0.3 is 9.84 Å². The van der Waals surface area contributed by atoms with Gasteiger partial charge in [-0.2, -0.15) is 4.98 Å². The molecule has 1 saturated heterocycles. The largest absolute Gasteiger partial charge is 0.339 e. The Hall–Kier alpha value is -0.900. The maximum atomic E-state index is 5.19. The summed E-state index contributed by atoms with van der Waals surface area (Å²) in [5.41, 5.74) is 0. The van der Waals surface area contributed by atoms with E-state index in [4.69, 9.17) is 4.52 Å². The third kappa shape index (κ3) is 1.88. The number of aryl methyl sites for hydroxylation is 1. The van der Waals surface area contributed by atoms with E-state index in [1.807, 2.05) is 6.92 Å². The smallest absolute Gasteiger partial charge is 0.231 e. The van der Waals surface area contributed by atoms with E-state index in [9.17, 15) is 0 Å². The van der Waals surface area contributed by atoms with Crippen LogP contribution in [0.1, 0.15) is 37.4 Å². The molecule has 4 nitrogen and oxygen atoms in total. The second-order valence-electron chi connectivity index (χ2n) is 3.45. The van der Waals surface area contributed by atoms with Crippen molar-refractivity contribution in [2.45, 2.75) is 32.1 Å². The minimum atomic E-state index is 0.432. The van der Waals surface area contributed by atoms with Gasteiger partial charge in [0.25, 0.3) is 0 Å². The number of hydrogen-bond acceptors (Lipinski definition) is 4. The van der Waals surface area contributed by atoms with Gasteiger partial charge in [-0.3, -0.25) is 0 Å². The standard InChI is InChI=1S/C9H15N3O/c1-2-8-11-9(13-12-8)7-4-3-5-10-6-7/h7,10H,2-6H2,1H3/t7-/m1/s1. The zero-order chi connectivity index (χ0) is 9.10. The zero-order valence-electron chi connectivity index (χ0n) is 7.92. The topological polar surface area (TPSA) is 51.0 Å². The zero-order valence-corrected chi connectivity index (χ0v) is 7.92. The van der Waals surface area contributed by atoms with E-state index in [2.05, 4.69) is 15.5 Å². The SMILES string of the molecule is CCc1noc([C@@H]2CCCNC2)n1. The van der Waals surface area contributed by atoms with Gasteiger partial charge in [0, 0.05) is 13.0 Å². The van der Waals surface area contributed by atoms with Crippen LogP contribution in [0.15, 0.2) is 4.52 Å². The Bertz CT molecular complexity index is 266. The van der Waals surface area contributed by atoms with Crippen molar-refractivity contribution in [3.8, 4) is 0 Å². The Morgan fingerprint density at radius 2 is 2.54 bits per heavy atom. The normalized spacial score (nSPS) is 23.3. The van der Waals surface area contributed by atoms with Crippen LogP contribution in [0.4, 0.5) is 0 Å². The van der Waals surface area contributed by atoms with E-state index in [-0.39, 0.29) is 0 Å². The number of hydrogen-bond donors (Lipinski definition) is 1. The molecule has 1 atom stereocenters. The lowest BCUT2D eigenvalue weighted by Gasteiger charge is -2.18. The Kier molecular flexibility index (Phi) is 2.59. The van der Waals surface area contributed by atoms with Gasteiger partial charge in [0.15, 0.2) is 5.82 Å². The van der Waals surface area contributed by atoms with Gasteiger partial charge in [0.2, 0.25) is 5.89 Å². The molecule has 1 aliphatic rings. The van der Waals surface area contributed by atoms with Crippen molar-refractivity contribution in [1.82, 2.24) is 15.5 Å². The molecule has 0 bridgehead atoms. The highest BCUT2D eigenvalue weighted by Gasteiger charge is 2.20. The summed E-state index contributed by atoms with van der Waals surface area (Å²) in [7, 11) is 0. The highest BCUT2D eigenvalue weighted by molar-refractivity contribution is 4.96. The first-order valence-corrected chi connectivity index (χ1v) is 4.93. The van der Waals surface area contributed by atoms with Gasteiger partial charge in [-0.05, 0) is 19.4 Å². The fourth-order valence-corrected chi connectivity index (χ4v) is 1.64. The minimum Gasteiger partial charge on any atom is -0.339 e. The number of nitrogens with zero attached hydrogens (tertiary/aromatic N) is 2. The number of nitrogens with one attached hydrogen (secondary N) is 1. The van der Waals surface area contributed by atoms with Crippen LogP contribution in [-0.4, -0.2) is 23.2 Å². The molecular formula is C9H15N3O. The van der Waals surface area contributed by atoms with Crippen LogP contribution in [-0.2, 0) is 6.42 Å². The first-order valence-electron chi connectivity index (χ1n) is 4.93. The molecule has 13 heavy (non-hydrogen) atoms. The second kappa shape index (κ2) is 3.87. The van der Waals surface area contributed by atoms with Crippen molar-refractivity contribution in [2.75, 3.05) is 13.1 Å². The van der Waals surface area contributed by atoms with E-state index < -0.39 is 0 Å². The maximum absolute atomic E-state index is 5.19. The predicted molar refractivity (Wildman–Crippen MR) is 48.5 cm³/mol. The number of rotatable bonds is 2. The number of piperidine rings is 1. The lowest BCUT2D eigenvalue weighted by molar-refractivity contribution is 0.320. The van der Waals surface area contributed by atoms with Gasteiger partial charge in [-0.1, -0.05) is 12.1 Å². The minimum absolute atomic E-state index is 0.432. The van der Waals surface area contributed by atoms with E-state index in [1.165, 1.54) is 12.8 Å². The van der Waals surface area contributed by atoms with E-state index in [1.54, 1.807) is 0 Å². The summed E-state index contributed by atoms with van der Waals surface area (Å²) in [4.78, 5) is 4.33. The number of aromatic nitrogens is 2. The Labute approximate surface area is 77.7 Å². The average molecular weight is 181 g/mol. The van der Waals surface area contributed by atoms with E-state index >= 15 is 0 Å². The fraction of sp³-hybridized carbons (Fsp3) is 0.778. The molecule has 0 unspecified atom stereocenters. The monoisotopic (exact) mass is 181 g/mol. The van der Waals surface area contributed by atoms with E-state index in [0.717, 1.165) is 31.2 Å². The molecule has 2 rings (SSSR count). The Morgan fingerprint density at radius 3 is 3.15 bits per heavy atom. The van der Waals surface area contributed by atoms with Crippen LogP contribution in [0.2, 0.25) is 0 Å². The van der Waals surface area contributed by atoms with Gasteiger partial charge in [0.05, 0.1) is 5.92 Å². The summed E-state index contributed by atoms with van der Waals surface area (Å²) in [5.74, 6) is 2.06. The third-order valence-electron chi connectivity index (χ3n) is 2.45. The van der Waals surface area contributed by atoms with Gasteiger partial charge in [-0.15, -0.1) is 0 Å². The van der Waals surface area contributed by atoms with Crippen LogP contribution in [0.25, 0.3) is 0 Å². The first kappa shape index (κ1) is 8.69. The summed E-state index contributed by atoms with van der Waals surface area (Å²) < 4.78 is 5.19. The second-order valence-corrected chi connectivity index (χ2v) is 3.45. The molecule has 0 saturated carbocycles. The van der Waals surface area contributed by atoms with Crippen molar-refractivity contribution < 1.29 is 4.52 Å². The van der Waals surface area contributed by atoms with Crippen LogP contribution < -0.4 is 5.32 Å². The molecule has 0 radical (unpaired) electrons. The quantitative estimate of drug-likeness (QED) is 0.742. The predicted octanol–water partition coefficient (Wildman–Crippen LogP) is 1.10. The Balaban J connectivity index is 2.05. The highest BCUT2D eigenvalue weighted by Crippen LogP contribution is 2.21. The van der Waals surface area contributed by atoms with Crippen molar-refractivity contribution in [1.29, 1.82) is 0 Å². The summed E-state index contributed by atoms with van der Waals surface area (Å²) in [5, 5.41) is 7.23. The lowest BCUT2D eigenvalue weighted by atomic mass is 10.00. The van der Waals surface area contributed by atoms with Crippen LogP contribution >= 0.6 is 0 Å². The van der Waals surface area contributed by atoms with Gasteiger partial charge >= 0.3 is 0 Å². The van der Waals surface area contributed by atoms with Crippen LogP contribution in [0.3, 0.4) is 0 Å². The third-order valence-corrected chi connectivity index (χ3v) is 2.45. The summed E-state index contributed by atoms with van der Waals surface area (Å²) in [6, 6.07) is 0. The Morgan fingerprint density at radius 1 is 1.62 bits per heavy atom. The van der Waals surface area contributed by atoms with Crippen molar-refractivity contribution in [3.63, 3.8) is 0 Å². The first-order chi connectivity index (χ1) is 6.40. The molecule has 2 heterocycles. The molecule has 0 amide bonds. The average Bonchev–Trinajstić information content (AvgIpc) is 2.67. The molecule has 0 aromatic carbocycles. The lowest BCUT2D eigenvalue weighted by Crippen LogP contribution is -2.28. The summed E-state index contributed by atoms with van der Waals surface area (Å²) >= 11 is 0. The molecule has 4 heteroatoms. The fourth-order valence-electron chi connectivity index (χ4n) is 1.64. The van der Waals surface area contributed by atoms with Crippen molar-refractivity contribution in [3.05, 3.63) is 11.7 Å². The van der Waals surface area contributed by atoms with Crippen LogP contribution in [0.5, 0.6) is 0 Å². The molecule has 1 aromatic rings. The highest BCUT2D eigenvalue weighted by atomic mass is 16.5. The van der Waals surface area contributed by atoms with Crippen molar-refractivity contribution >= 4 is 0 Å². The van der Waals surface area contributed by atoms with E-state index in [0.29, 0.717) is 5.92 Å². The maximum Gasteiger partial charge on any atom is 0.231 e.